The Balaban J connectivity index is 1.61. The van der Waals surface area contributed by atoms with Crippen molar-refractivity contribution in [1.29, 1.82) is 0 Å². The summed E-state index contributed by atoms with van der Waals surface area (Å²) in [5, 5.41) is -0.218. The molecule has 1 atom stereocenters. The monoisotopic (exact) mass is 494 g/mol. The minimum Gasteiger partial charge on any atom is -0.295 e. The molecule has 1 aliphatic rings. The van der Waals surface area contributed by atoms with Crippen molar-refractivity contribution in [3.05, 3.63) is 89.0 Å². The molecule has 7 heteroatoms. The number of sulfonamides is 1. The minimum absolute atomic E-state index is 0.0480. The highest BCUT2D eigenvalue weighted by Crippen LogP contribution is 2.43. The summed E-state index contributed by atoms with van der Waals surface area (Å²) >= 11 is 1.55. The maximum absolute atomic E-state index is 13.0. The van der Waals surface area contributed by atoms with Gasteiger partial charge >= 0.3 is 0 Å². The van der Waals surface area contributed by atoms with Crippen LogP contribution < -0.4 is 9.62 Å². The lowest BCUT2D eigenvalue weighted by Gasteiger charge is -2.26. The van der Waals surface area contributed by atoms with E-state index in [4.69, 9.17) is 0 Å². The van der Waals surface area contributed by atoms with Crippen LogP contribution in [-0.4, -0.2) is 20.1 Å². The molecule has 1 saturated heterocycles. The van der Waals surface area contributed by atoms with Crippen LogP contribution in [0.3, 0.4) is 0 Å². The van der Waals surface area contributed by atoms with E-state index >= 15 is 0 Å². The number of nitrogens with zero attached hydrogens (tertiary/aromatic N) is 1. The van der Waals surface area contributed by atoms with Crippen LogP contribution in [0.1, 0.15) is 48.4 Å². The summed E-state index contributed by atoms with van der Waals surface area (Å²) in [6.45, 7) is 10.3. The summed E-state index contributed by atoms with van der Waals surface area (Å²) in [4.78, 5) is 14.8. The van der Waals surface area contributed by atoms with E-state index in [9.17, 15) is 13.2 Å². The van der Waals surface area contributed by atoms with Crippen LogP contribution in [0.4, 0.5) is 11.4 Å². The van der Waals surface area contributed by atoms with Gasteiger partial charge in [-0.05, 0) is 66.3 Å². The van der Waals surface area contributed by atoms with Crippen LogP contribution >= 0.6 is 11.8 Å². The Bertz CT molecular complexity index is 1330. The number of carbonyl (C=O) groups is 1. The Morgan fingerprint density at radius 3 is 2.32 bits per heavy atom. The molecule has 1 fully saturated rings. The minimum atomic E-state index is -3.74. The van der Waals surface area contributed by atoms with Gasteiger partial charge in [-0.25, -0.2) is 8.42 Å². The highest BCUT2D eigenvalue weighted by molar-refractivity contribution is 8.00. The number of hydrogen-bond donors (Lipinski definition) is 1. The van der Waals surface area contributed by atoms with Gasteiger partial charge in [0.25, 0.3) is 10.0 Å². The molecule has 178 valence electrons. The number of nitrogens with one attached hydrogen (secondary N) is 1. The first-order valence-electron chi connectivity index (χ1n) is 11.2. The van der Waals surface area contributed by atoms with Gasteiger partial charge < -0.3 is 0 Å². The van der Waals surface area contributed by atoms with Gasteiger partial charge in [-0.15, -0.1) is 11.8 Å². The smallest absolute Gasteiger partial charge is 0.261 e. The molecule has 0 aromatic heterocycles. The van der Waals surface area contributed by atoms with Crippen LogP contribution in [0.2, 0.25) is 0 Å². The van der Waals surface area contributed by atoms with Crippen LogP contribution in [0.5, 0.6) is 0 Å². The third kappa shape index (κ3) is 5.00. The highest BCUT2D eigenvalue weighted by atomic mass is 32.2. The standard InChI is InChI=1S/C27H30N2O3S2/c1-18-9-14-24(19(2)15-18)29-25(30)17-33-26(29)20-7-6-8-22(16-20)28-34(31,32)23-12-10-21(11-13-23)27(3,4)5/h6-16,26,28H,17H2,1-5H3/t26-/m0/s1. The SMILES string of the molecule is Cc1ccc(N2C(=O)CS[C@H]2c2cccc(NS(=O)(=O)c3ccc(C(C)(C)C)cc3)c2)c(C)c1. The molecule has 0 spiro atoms. The molecule has 34 heavy (non-hydrogen) atoms. The highest BCUT2D eigenvalue weighted by Gasteiger charge is 2.35. The van der Waals surface area contributed by atoms with Crippen molar-refractivity contribution in [3.63, 3.8) is 0 Å². The van der Waals surface area contributed by atoms with Gasteiger partial charge in [-0.2, -0.15) is 0 Å². The van der Waals surface area contributed by atoms with Gasteiger partial charge in [-0.1, -0.05) is 62.7 Å². The summed E-state index contributed by atoms with van der Waals surface area (Å²) in [5.41, 5.74) is 5.43. The average Bonchev–Trinajstić information content (AvgIpc) is 3.14. The molecule has 0 unspecified atom stereocenters. The van der Waals surface area contributed by atoms with Crippen LogP contribution in [0.25, 0.3) is 0 Å². The number of hydrogen-bond acceptors (Lipinski definition) is 4. The zero-order chi connectivity index (χ0) is 24.7. The largest absolute Gasteiger partial charge is 0.295 e. The third-order valence-corrected chi connectivity index (χ3v) is 8.54. The van der Waals surface area contributed by atoms with E-state index in [0.29, 0.717) is 11.4 Å². The topological polar surface area (TPSA) is 66.5 Å². The zero-order valence-electron chi connectivity index (χ0n) is 20.1. The predicted octanol–water partition coefficient (Wildman–Crippen LogP) is 6.18. The van der Waals surface area contributed by atoms with Crippen LogP contribution in [-0.2, 0) is 20.2 Å². The summed E-state index contributed by atoms with van der Waals surface area (Å²) in [7, 11) is -3.74. The van der Waals surface area contributed by atoms with Gasteiger partial charge in [0, 0.05) is 11.4 Å². The van der Waals surface area contributed by atoms with Crippen molar-refractivity contribution in [2.75, 3.05) is 15.4 Å². The lowest BCUT2D eigenvalue weighted by molar-refractivity contribution is -0.115. The lowest BCUT2D eigenvalue weighted by atomic mass is 9.87. The van der Waals surface area contributed by atoms with Crippen molar-refractivity contribution in [2.45, 2.75) is 50.3 Å². The number of benzene rings is 3. The van der Waals surface area contributed by atoms with E-state index in [-0.39, 0.29) is 21.6 Å². The van der Waals surface area contributed by atoms with Crippen molar-refractivity contribution in [2.24, 2.45) is 0 Å². The summed E-state index contributed by atoms with van der Waals surface area (Å²) in [5.74, 6) is 0.431. The zero-order valence-corrected chi connectivity index (χ0v) is 21.8. The van der Waals surface area contributed by atoms with Gasteiger partial charge in [0.05, 0.1) is 10.6 Å². The molecule has 0 saturated carbocycles. The number of anilines is 2. The Morgan fingerprint density at radius 2 is 1.68 bits per heavy atom. The molecule has 5 nitrogen and oxygen atoms in total. The quantitative estimate of drug-likeness (QED) is 0.460. The second-order valence-electron chi connectivity index (χ2n) is 9.72. The fourth-order valence-corrected chi connectivity index (χ4v) is 6.32. The summed E-state index contributed by atoms with van der Waals surface area (Å²) in [6, 6.07) is 20.3. The number of aryl methyl sites for hydroxylation is 2. The molecule has 1 aliphatic heterocycles. The summed E-state index contributed by atoms with van der Waals surface area (Å²) < 4.78 is 28.8. The van der Waals surface area contributed by atoms with E-state index < -0.39 is 10.0 Å². The fourth-order valence-electron chi connectivity index (χ4n) is 4.11. The fraction of sp³-hybridized carbons (Fsp3) is 0.296. The lowest BCUT2D eigenvalue weighted by Crippen LogP contribution is -2.28. The number of thioether (sulfide) groups is 1. The molecule has 1 amide bonds. The van der Waals surface area contributed by atoms with Gasteiger partial charge in [0.1, 0.15) is 5.37 Å². The molecule has 3 aromatic carbocycles. The van der Waals surface area contributed by atoms with Crippen molar-refractivity contribution >= 4 is 39.1 Å². The molecule has 1 N–H and O–H groups in total. The van der Waals surface area contributed by atoms with E-state index in [1.807, 2.05) is 61.2 Å². The van der Waals surface area contributed by atoms with Gasteiger partial charge in [-0.3, -0.25) is 14.4 Å². The Labute approximate surface area is 206 Å². The van der Waals surface area contributed by atoms with Crippen LogP contribution in [0.15, 0.2) is 71.6 Å². The number of rotatable bonds is 5. The summed E-state index contributed by atoms with van der Waals surface area (Å²) in [6.07, 6.45) is 0. The van der Waals surface area contributed by atoms with Crippen molar-refractivity contribution in [3.8, 4) is 0 Å². The molecular weight excluding hydrogens is 464 g/mol. The van der Waals surface area contributed by atoms with E-state index in [2.05, 4.69) is 31.6 Å². The third-order valence-electron chi connectivity index (χ3n) is 5.93. The molecule has 0 radical (unpaired) electrons. The Hall–Kier alpha value is -2.77. The molecule has 4 rings (SSSR count). The first-order chi connectivity index (χ1) is 16.0. The first-order valence-corrected chi connectivity index (χ1v) is 13.7. The van der Waals surface area contributed by atoms with E-state index in [0.717, 1.165) is 27.9 Å². The van der Waals surface area contributed by atoms with E-state index in [1.165, 1.54) is 0 Å². The Morgan fingerprint density at radius 1 is 0.971 bits per heavy atom. The normalized spacial score (nSPS) is 16.7. The van der Waals surface area contributed by atoms with Gasteiger partial charge in [0.15, 0.2) is 0 Å². The Kier molecular flexibility index (Phi) is 6.53. The molecular formula is C27H30N2O3S2. The van der Waals surface area contributed by atoms with Crippen molar-refractivity contribution < 1.29 is 13.2 Å². The van der Waals surface area contributed by atoms with Crippen LogP contribution in [0, 0.1) is 13.8 Å². The predicted molar refractivity (Wildman–Crippen MR) is 141 cm³/mol. The number of amides is 1. The molecule has 3 aromatic rings. The second-order valence-corrected chi connectivity index (χ2v) is 12.5. The maximum atomic E-state index is 13.0. The van der Waals surface area contributed by atoms with E-state index in [1.54, 1.807) is 30.0 Å². The second kappa shape index (κ2) is 9.12. The molecule has 0 aliphatic carbocycles. The molecule has 0 bridgehead atoms. The average molecular weight is 495 g/mol. The molecule has 1 heterocycles. The van der Waals surface area contributed by atoms with Gasteiger partial charge in [0.2, 0.25) is 5.91 Å². The maximum Gasteiger partial charge on any atom is 0.261 e. The van der Waals surface area contributed by atoms with Crippen molar-refractivity contribution in [1.82, 2.24) is 0 Å². The first kappa shape index (κ1) is 24.4. The number of carbonyl (C=O) groups excluding carboxylic acids is 1.